The van der Waals surface area contributed by atoms with Crippen molar-refractivity contribution in [1.29, 1.82) is 0 Å². The molecule has 0 unspecified atom stereocenters. The van der Waals surface area contributed by atoms with Gasteiger partial charge in [0.1, 0.15) is 0 Å². The molecular weight excluding hydrogens is 512 g/mol. The second kappa shape index (κ2) is 13.0. The first-order valence-corrected chi connectivity index (χ1v) is 14.8. The smallest absolute Gasteiger partial charge is 0.337 e. The first kappa shape index (κ1) is 28.5. The number of nitrogens with one attached hydrogen (secondary N) is 1. The highest BCUT2D eigenvalue weighted by Gasteiger charge is 2.31. The van der Waals surface area contributed by atoms with Crippen LogP contribution >= 0.6 is 0 Å². The van der Waals surface area contributed by atoms with Crippen molar-refractivity contribution >= 4 is 21.9 Å². The summed E-state index contributed by atoms with van der Waals surface area (Å²) in [5, 5.41) is 3.01. The molecule has 0 aromatic heterocycles. The minimum Gasteiger partial charge on any atom is -0.465 e. The number of methoxy groups -OCH3 is 1. The highest BCUT2D eigenvalue weighted by atomic mass is 32.2. The molecule has 0 radical (unpaired) electrons. The summed E-state index contributed by atoms with van der Waals surface area (Å²) in [5.41, 5.74) is 3.43. The number of carbonyl (C=O) groups is 2. The second-order valence-corrected chi connectivity index (χ2v) is 12.1. The monoisotopic (exact) mass is 548 g/mol. The average molecular weight is 549 g/mol. The van der Waals surface area contributed by atoms with E-state index < -0.39 is 16.0 Å². The van der Waals surface area contributed by atoms with Crippen molar-refractivity contribution in [3.63, 3.8) is 0 Å². The van der Waals surface area contributed by atoms with Crippen LogP contribution in [0.5, 0.6) is 0 Å². The van der Waals surface area contributed by atoms with E-state index in [0.717, 1.165) is 42.4 Å². The molecule has 1 N–H and O–H groups in total. The van der Waals surface area contributed by atoms with Crippen LogP contribution in [0, 0.1) is 18.8 Å². The van der Waals surface area contributed by atoms with E-state index in [0.29, 0.717) is 30.1 Å². The zero-order valence-electron chi connectivity index (χ0n) is 22.5. The number of hydrogen-bond donors (Lipinski definition) is 1. The van der Waals surface area contributed by atoms with Gasteiger partial charge < -0.3 is 10.1 Å². The van der Waals surface area contributed by atoms with Crippen LogP contribution in [0.3, 0.4) is 0 Å². The van der Waals surface area contributed by atoms with E-state index in [1.54, 1.807) is 52.8 Å². The molecule has 0 spiro atoms. The second-order valence-electron chi connectivity index (χ2n) is 10.2. The standard InChI is InChI=1S/C31H36N2O5S/c1-23-8-6-7-9-28(23)22-33(39(36,37)29-10-4-3-5-11-29)21-25-14-16-26(17-15-25)30(34)32-20-24-12-18-27(19-13-24)31(35)38-2/h3-13,18-19,25-26H,14-17,20-22H2,1-2H3,(H,32,34). The number of nitrogens with zero attached hydrogens (tertiary/aromatic N) is 1. The minimum absolute atomic E-state index is 0.0131. The van der Waals surface area contributed by atoms with Crippen molar-refractivity contribution in [1.82, 2.24) is 9.62 Å². The summed E-state index contributed by atoms with van der Waals surface area (Å²) < 4.78 is 33.6. The lowest BCUT2D eigenvalue weighted by Crippen LogP contribution is -2.38. The number of hydrogen-bond acceptors (Lipinski definition) is 5. The van der Waals surface area contributed by atoms with Gasteiger partial charge in [0.25, 0.3) is 0 Å². The van der Waals surface area contributed by atoms with Gasteiger partial charge in [-0.2, -0.15) is 4.31 Å². The van der Waals surface area contributed by atoms with E-state index >= 15 is 0 Å². The first-order valence-electron chi connectivity index (χ1n) is 13.3. The third kappa shape index (κ3) is 7.34. The lowest BCUT2D eigenvalue weighted by molar-refractivity contribution is -0.126. The zero-order chi connectivity index (χ0) is 27.8. The number of carbonyl (C=O) groups excluding carboxylic acids is 2. The van der Waals surface area contributed by atoms with Gasteiger partial charge in [-0.15, -0.1) is 0 Å². The molecule has 3 aromatic rings. The van der Waals surface area contributed by atoms with Crippen molar-refractivity contribution in [3.8, 4) is 0 Å². The van der Waals surface area contributed by atoms with Crippen molar-refractivity contribution in [2.24, 2.45) is 11.8 Å². The molecule has 8 heteroatoms. The number of rotatable bonds is 10. The Bertz CT molecular complexity index is 1370. The van der Waals surface area contributed by atoms with E-state index in [9.17, 15) is 18.0 Å². The predicted octanol–water partition coefficient (Wildman–Crippen LogP) is 5.10. The van der Waals surface area contributed by atoms with Gasteiger partial charge in [-0.3, -0.25) is 4.79 Å². The van der Waals surface area contributed by atoms with E-state index in [-0.39, 0.29) is 17.7 Å². The van der Waals surface area contributed by atoms with Gasteiger partial charge in [-0.25, -0.2) is 13.2 Å². The summed E-state index contributed by atoms with van der Waals surface area (Å²) >= 11 is 0. The molecule has 1 fully saturated rings. The topological polar surface area (TPSA) is 92.8 Å². The van der Waals surface area contributed by atoms with Crippen LogP contribution in [0.15, 0.2) is 83.8 Å². The van der Waals surface area contributed by atoms with Crippen molar-refractivity contribution < 1.29 is 22.7 Å². The van der Waals surface area contributed by atoms with Gasteiger partial charge in [0.05, 0.1) is 17.6 Å². The van der Waals surface area contributed by atoms with Gasteiger partial charge in [-0.05, 0) is 79.5 Å². The first-order chi connectivity index (χ1) is 18.8. The molecule has 39 heavy (non-hydrogen) atoms. The molecule has 4 rings (SSSR count). The lowest BCUT2D eigenvalue weighted by Gasteiger charge is -2.32. The molecule has 7 nitrogen and oxygen atoms in total. The summed E-state index contributed by atoms with van der Waals surface area (Å²) in [7, 11) is -2.33. The summed E-state index contributed by atoms with van der Waals surface area (Å²) in [6.07, 6.45) is 3.03. The van der Waals surface area contributed by atoms with E-state index in [2.05, 4.69) is 5.32 Å². The van der Waals surface area contributed by atoms with Crippen LogP contribution in [0.1, 0.15) is 52.7 Å². The number of ether oxygens (including phenoxy) is 1. The normalized spacial score (nSPS) is 17.5. The number of esters is 1. The lowest BCUT2D eigenvalue weighted by atomic mass is 9.81. The Balaban J connectivity index is 1.35. The molecule has 1 saturated carbocycles. The van der Waals surface area contributed by atoms with E-state index in [1.165, 1.54) is 7.11 Å². The van der Waals surface area contributed by atoms with Gasteiger partial charge in [0.2, 0.25) is 15.9 Å². The maximum atomic E-state index is 13.6. The average Bonchev–Trinajstić information content (AvgIpc) is 2.97. The fourth-order valence-electron chi connectivity index (χ4n) is 5.07. The molecule has 0 heterocycles. The van der Waals surface area contributed by atoms with Crippen molar-refractivity contribution in [2.75, 3.05) is 13.7 Å². The fourth-order valence-corrected chi connectivity index (χ4v) is 6.59. The van der Waals surface area contributed by atoms with Crippen LogP contribution in [-0.2, 0) is 32.6 Å². The molecular formula is C31H36N2O5S. The largest absolute Gasteiger partial charge is 0.465 e. The Morgan fingerprint density at radius 1 is 0.897 bits per heavy atom. The number of sulfonamides is 1. The molecule has 0 atom stereocenters. The van der Waals surface area contributed by atoms with Crippen LogP contribution < -0.4 is 5.32 Å². The quantitative estimate of drug-likeness (QED) is 0.356. The van der Waals surface area contributed by atoms with Crippen LogP contribution in [0.4, 0.5) is 0 Å². The molecule has 3 aromatic carbocycles. The molecule has 0 bridgehead atoms. The maximum absolute atomic E-state index is 13.6. The van der Waals surface area contributed by atoms with Gasteiger partial charge >= 0.3 is 5.97 Å². The minimum atomic E-state index is -3.67. The Hall–Kier alpha value is -3.49. The van der Waals surface area contributed by atoms with Crippen molar-refractivity contribution in [2.45, 2.75) is 50.6 Å². The Kier molecular flexibility index (Phi) is 9.54. The molecule has 0 saturated heterocycles. The Morgan fingerprint density at radius 2 is 1.54 bits per heavy atom. The molecule has 206 valence electrons. The molecule has 1 aliphatic rings. The summed E-state index contributed by atoms with van der Waals surface area (Å²) in [4.78, 5) is 24.7. The van der Waals surface area contributed by atoms with Gasteiger partial charge in [0, 0.05) is 25.6 Å². The number of benzene rings is 3. The van der Waals surface area contributed by atoms with Gasteiger partial charge in [0.15, 0.2) is 0 Å². The third-order valence-electron chi connectivity index (χ3n) is 7.51. The summed E-state index contributed by atoms with van der Waals surface area (Å²) in [6, 6.07) is 23.4. The zero-order valence-corrected chi connectivity index (χ0v) is 23.3. The summed E-state index contributed by atoms with van der Waals surface area (Å²) in [6.45, 7) is 3.13. The Labute approximate surface area is 231 Å². The fraction of sp³-hybridized carbons (Fsp3) is 0.355. The molecule has 0 aliphatic heterocycles. The summed E-state index contributed by atoms with van der Waals surface area (Å²) in [5.74, 6) is -0.288. The number of aryl methyl sites for hydroxylation is 1. The molecule has 1 aliphatic carbocycles. The highest BCUT2D eigenvalue weighted by molar-refractivity contribution is 7.89. The van der Waals surface area contributed by atoms with Crippen LogP contribution in [-0.4, -0.2) is 38.3 Å². The number of amides is 1. The Morgan fingerprint density at radius 3 is 2.18 bits per heavy atom. The molecule has 1 amide bonds. The van der Waals surface area contributed by atoms with Crippen LogP contribution in [0.2, 0.25) is 0 Å². The SMILES string of the molecule is COC(=O)c1ccc(CNC(=O)C2CCC(CN(Cc3ccccc3C)S(=O)(=O)c3ccccc3)CC2)cc1. The highest BCUT2D eigenvalue weighted by Crippen LogP contribution is 2.32. The maximum Gasteiger partial charge on any atom is 0.337 e. The van der Waals surface area contributed by atoms with E-state index in [4.69, 9.17) is 4.74 Å². The van der Waals surface area contributed by atoms with Crippen LogP contribution in [0.25, 0.3) is 0 Å². The third-order valence-corrected chi connectivity index (χ3v) is 9.34. The van der Waals surface area contributed by atoms with Gasteiger partial charge in [-0.1, -0.05) is 54.6 Å². The van der Waals surface area contributed by atoms with Crippen molar-refractivity contribution in [3.05, 3.63) is 101 Å². The predicted molar refractivity (Wildman–Crippen MR) is 150 cm³/mol. The van der Waals surface area contributed by atoms with E-state index in [1.807, 2.05) is 37.3 Å².